The SMILES string of the molecule is CC(OC(=O)c1ccccc1C(=O)c1ccccc1)C(=O)Nc1cccc(Cl)c1. The van der Waals surface area contributed by atoms with E-state index in [0.717, 1.165) is 0 Å². The van der Waals surface area contributed by atoms with Crippen LogP contribution in [-0.2, 0) is 9.53 Å². The Morgan fingerprint density at radius 2 is 1.52 bits per heavy atom. The van der Waals surface area contributed by atoms with Crippen LogP contribution in [0.3, 0.4) is 0 Å². The molecule has 0 heterocycles. The second-order valence-corrected chi connectivity index (χ2v) is 6.72. The Kier molecular flexibility index (Phi) is 6.42. The number of esters is 1. The highest BCUT2D eigenvalue weighted by Crippen LogP contribution is 2.18. The van der Waals surface area contributed by atoms with E-state index in [1.807, 2.05) is 0 Å². The summed E-state index contributed by atoms with van der Waals surface area (Å²) in [7, 11) is 0. The third kappa shape index (κ3) is 5.09. The van der Waals surface area contributed by atoms with Gasteiger partial charge in [-0.25, -0.2) is 4.79 Å². The van der Waals surface area contributed by atoms with Crippen molar-refractivity contribution in [2.45, 2.75) is 13.0 Å². The number of benzene rings is 3. The molecule has 29 heavy (non-hydrogen) atoms. The molecule has 6 heteroatoms. The molecule has 0 bridgehead atoms. The van der Waals surface area contributed by atoms with E-state index in [-0.39, 0.29) is 16.9 Å². The van der Waals surface area contributed by atoms with Crippen LogP contribution >= 0.6 is 11.6 Å². The summed E-state index contributed by atoms with van der Waals surface area (Å²) in [4.78, 5) is 37.7. The molecule has 0 saturated carbocycles. The lowest BCUT2D eigenvalue weighted by molar-refractivity contribution is -0.123. The van der Waals surface area contributed by atoms with E-state index in [9.17, 15) is 14.4 Å². The number of anilines is 1. The smallest absolute Gasteiger partial charge is 0.339 e. The Balaban J connectivity index is 1.74. The quantitative estimate of drug-likeness (QED) is 0.472. The van der Waals surface area contributed by atoms with Crippen molar-refractivity contribution in [2.24, 2.45) is 0 Å². The topological polar surface area (TPSA) is 72.5 Å². The van der Waals surface area contributed by atoms with Crippen LogP contribution in [-0.4, -0.2) is 23.8 Å². The van der Waals surface area contributed by atoms with Crippen LogP contribution in [0.2, 0.25) is 5.02 Å². The Morgan fingerprint density at radius 1 is 0.862 bits per heavy atom. The highest BCUT2D eigenvalue weighted by atomic mass is 35.5. The third-order valence-electron chi connectivity index (χ3n) is 4.17. The molecule has 0 fully saturated rings. The van der Waals surface area contributed by atoms with Gasteiger partial charge in [0.1, 0.15) is 0 Å². The summed E-state index contributed by atoms with van der Waals surface area (Å²) in [6, 6.07) is 21.6. The molecule has 5 nitrogen and oxygen atoms in total. The van der Waals surface area contributed by atoms with Gasteiger partial charge < -0.3 is 10.1 Å². The van der Waals surface area contributed by atoms with Crippen molar-refractivity contribution in [1.29, 1.82) is 0 Å². The highest BCUT2D eigenvalue weighted by Gasteiger charge is 2.23. The molecule has 0 spiro atoms. The number of ether oxygens (including phenoxy) is 1. The molecule has 1 atom stereocenters. The van der Waals surface area contributed by atoms with Gasteiger partial charge >= 0.3 is 5.97 Å². The van der Waals surface area contributed by atoms with Crippen LogP contribution in [0.4, 0.5) is 5.69 Å². The van der Waals surface area contributed by atoms with Crippen molar-refractivity contribution in [3.63, 3.8) is 0 Å². The van der Waals surface area contributed by atoms with Crippen LogP contribution in [0.15, 0.2) is 78.9 Å². The molecule has 1 N–H and O–H groups in total. The molecular formula is C23H18ClNO4. The van der Waals surface area contributed by atoms with Crippen molar-refractivity contribution in [1.82, 2.24) is 0 Å². The van der Waals surface area contributed by atoms with Crippen molar-refractivity contribution in [2.75, 3.05) is 5.32 Å². The van der Waals surface area contributed by atoms with Crippen molar-refractivity contribution >= 4 is 34.9 Å². The van der Waals surface area contributed by atoms with Gasteiger partial charge in [0.15, 0.2) is 11.9 Å². The van der Waals surface area contributed by atoms with Crippen molar-refractivity contribution in [3.8, 4) is 0 Å². The molecule has 0 aliphatic rings. The fourth-order valence-corrected chi connectivity index (χ4v) is 2.88. The zero-order chi connectivity index (χ0) is 20.8. The lowest BCUT2D eigenvalue weighted by Crippen LogP contribution is -2.30. The van der Waals surface area contributed by atoms with E-state index in [4.69, 9.17) is 16.3 Å². The first-order valence-electron chi connectivity index (χ1n) is 8.92. The summed E-state index contributed by atoms with van der Waals surface area (Å²) in [5, 5.41) is 3.11. The van der Waals surface area contributed by atoms with Crippen LogP contribution in [0.5, 0.6) is 0 Å². The number of amides is 1. The lowest BCUT2D eigenvalue weighted by atomic mass is 9.98. The van der Waals surface area contributed by atoms with Crippen molar-refractivity contribution in [3.05, 3.63) is 101 Å². The van der Waals surface area contributed by atoms with Gasteiger partial charge in [-0.3, -0.25) is 9.59 Å². The second kappa shape index (κ2) is 9.17. The molecule has 0 radical (unpaired) electrons. The third-order valence-corrected chi connectivity index (χ3v) is 4.41. The Hall–Kier alpha value is -3.44. The summed E-state index contributed by atoms with van der Waals surface area (Å²) in [5.41, 5.74) is 1.26. The molecule has 3 aromatic rings. The van der Waals surface area contributed by atoms with Gasteiger partial charge in [0.25, 0.3) is 5.91 Å². The maximum absolute atomic E-state index is 12.8. The number of carbonyl (C=O) groups is 3. The van der Waals surface area contributed by atoms with Gasteiger partial charge in [-0.05, 0) is 31.2 Å². The summed E-state index contributed by atoms with van der Waals surface area (Å²) in [6.07, 6.45) is -1.07. The molecule has 3 aromatic carbocycles. The van der Waals surface area contributed by atoms with E-state index < -0.39 is 18.0 Å². The van der Waals surface area contributed by atoms with E-state index in [2.05, 4.69) is 5.32 Å². The summed E-state index contributed by atoms with van der Waals surface area (Å²) in [5.74, 6) is -1.56. The number of hydrogen-bond donors (Lipinski definition) is 1. The first kappa shape index (κ1) is 20.3. The maximum atomic E-state index is 12.8. The number of rotatable bonds is 6. The molecule has 1 amide bonds. The number of carbonyl (C=O) groups excluding carboxylic acids is 3. The van der Waals surface area contributed by atoms with Gasteiger partial charge in [-0.1, -0.05) is 66.2 Å². The average molecular weight is 408 g/mol. The summed E-state index contributed by atoms with van der Waals surface area (Å²) < 4.78 is 5.29. The fourth-order valence-electron chi connectivity index (χ4n) is 2.69. The minimum absolute atomic E-state index is 0.101. The monoisotopic (exact) mass is 407 g/mol. The minimum Gasteiger partial charge on any atom is -0.449 e. The molecule has 0 aromatic heterocycles. The molecule has 3 rings (SSSR count). The van der Waals surface area contributed by atoms with Gasteiger partial charge in [-0.15, -0.1) is 0 Å². The number of nitrogens with one attached hydrogen (secondary N) is 1. The van der Waals surface area contributed by atoms with Gasteiger partial charge in [0.05, 0.1) is 5.56 Å². The van der Waals surface area contributed by atoms with Gasteiger partial charge in [0.2, 0.25) is 0 Å². The molecule has 0 saturated heterocycles. The van der Waals surface area contributed by atoms with E-state index in [0.29, 0.717) is 16.3 Å². The number of hydrogen-bond acceptors (Lipinski definition) is 4. The average Bonchev–Trinajstić information content (AvgIpc) is 2.73. The second-order valence-electron chi connectivity index (χ2n) is 6.29. The predicted octanol–water partition coefficient (Wildman–Crippen LogP) is 4.76. The molecule has 1 unspecified atom stereocenters. The first-order chi connectivity index (χ1) is 14.0. The first-order valence-corrected chi connectivity index (χ1v) is 9.29. The summed E-state index contributed by atoms with van der Waals surface area (Å²) >= 11 is 5.90. The standard InChI is InChI=1S/C23H18ClNO4/c1-15(22(27)25-18-11-7-10-17(24)14-18)29-23(28)20-13-6-5-12-19(20)21(26)16-8-3-2-4-9-16/h2-15H,1H3,(H,25,27). The van der Waals surface area contributed by atoms with Crippen LogP contribution < -0.4 is 5.32 Å². The van der Waals surface area contributed by atoms with Crippen molar-refractivity contribution < 1.29 is 19.1 Å². The van der Waals surface area contributed by atoms with Crippen LogP contribution in [0, 0.1) is 0 Å². The van der Waals surface area contributed by atoms with E-state index >= 15 is 0 Å². The van der Waals surface area contributed by atoms with E-state index in [1.54, 1.807) is 72.8 Å². The lowest BCUT2D eigenvalue weighted by Gasteiger charge is -2.15. The molecule has 0 aliphatic heterocycles. The molecule has 0 aliphatic carbocycles. The fraction of sp³-hybridized carbons (Fsp3) is 0.0870. The zero-order valence-electron chi connectivity index (χ0n) is 15.6. The largest absolute Gasteiger partial charge is 0.449 e. The number of ketones is 1. The Labute approximate surface area is 173 Å². The van der Waals surface area contributed by atoms with E-state index in [1.165, 1.54) is 13.0 Å². The molecule has 146 valence electrons. The Bertz CT molecular complexity index is 1050. The maximum Gasteiger partial charge on any atom is 0.339 e. The van der Waals surface area contributed by atoms with Crippen LogP contribution in [0.25, 0.3) is 0 Å². The van der Waals surface area contributed by atoms with Gasteiger partial charge in [-0.2, -0.15) is 0 Å². The molecular weight excluding hydrogens is 390 g/mol. The number of halogens is 1. The normalized spacial score (nSPS) is 11.4. The summed E-state index contributed by atoms with van der Waals surface area (Å²) in [6.45, 7) is 1.46. The van der Waals surface area contributed by atoms with Crippen LogP contribution in [0.1, 0.15) is 33.2 Å². The van der Waals surface area contributed by atoms with Gasteiger partial charge in [0, 0.05) is 21.8 Å². The predicted molar refractivity (Wildman–Crippen MR) is 111 cm³/mol. The highest BCUT2D eigenvalue weighted by molar-refractivity contribution is 6.30. The zero-order valence-corrected chi connectivity index (χ0v) is 16.3. The Morgan fingerprint density at radius 3 is 2.21 bits per heavy atom. The minimum atomic E-state index is -1.07.